The molecule has 0 amide bonds. The van der Waals surface area contributed by atoms with Crippen LogP contribution in [-0.4, -0.2) is 5.11 Å². The smallest absolute Gasteiger partial charge is 0.128 e. The van der Waals surface area contributed by atoms with E-state index in [9.17, 15) is 0 Å². The maximum atomic E-state index is 9.14. The molecule has 2 heteroatoms. The molecular weight excluding hydrogens is 150 g/mol. The van der Waals surface area contributed by atoms with Crippen molar-refractivity contribution in [3.05, 3.63) is 34.4 Å². The molecular formula is C10H15NO. The van der Waals surface area contributed by atoms with E-state index in [0.29, 0.717) is 0 Å². The van der Waals surface area contributed by atoms with Gasteiger partial charge in [0.2, 0.25) is 0 Å². The summed E-state index contributed by atoms with van der Waals surface area (Å²) in [6, 6.07) is 3.85. The maximum absolute atomic E-state index is 9.14. The van der Waals surface area contributed by atoms with Gasteiger partial charge in [-0.05, 0) is 43.0 Å². The first-order valence-corrected chi connectivity index (χ1v) is 4.03. The molecule has 0 aliphatic carbocycles. The highest BCUT2D eigenvalue weighted by Gasteiger charge is 2.04. The number of rotatable bonds is 1. The number of aliphatic hydroxyl groups is 1. The van der Waals surface area contributed by atoms with Crippen LogP contribution in [0.3, 0.4) is 0 Å². The van der Waals surface area contributed by atoms with Crippen LogP contribution in [0.1, 0.15) is 28.5 Å². The average Bonchev–Trinajstić information content (AvgIpc) is 1.99. The summed E-state index contributed by atoms with van der Waals surface area (Å²) in [4.78, 5) is 0. The van der Waals surface area contributed by atoms with Crippen molar-refractivity contribution in [1.29, 1.82) is 0 Å². The molecule has 1 unspecified atom stereocenters. The van der Waals surface area contributed by atoms with Crippen LogP contribution in [0, 0.1) is 20.8 Å². The number of benzene rings is 1. The van der Waals surface area contributed by atoms with E-state index >= 15 is 0 Å². The minimum atomic E-state index is -0.858. The molecule has 0 bridgehead atoms. The second-order valence-electron chi connectivity index (χ2n) is 3.22. The van der Waals surface area contributed by atoms with Gasteiger partial charge < -0.3 is 10.8 Å². The number of nitrogens with two attached hydrogens (primary N) is 1. The molecule has 0 spiro atoms. The van der Waals surface area contributed by atoms with Gasteiger partial charge in [0.25, 0.3) is 0 Å². The Morgan fingerprint density at radius 3 is 1.92 bits per heavy atom. The van der Waals surface area contributed by atoms with Crippen molar-refractivity contribution in [2.75, 3.05) is 0 Å². The van der Waals surface area contributed by atoms with E-state index in [1.54, 1.807) is 0 Å². The van der Waals surface area contributed by atoms with Gasteiger partial charge in [-0.15, -0.1) is 0 Å². The summed E-state index contributed by atoms with van der Waals surface area (Å²) in [5.74, 6) is 0. The van der Waals surface area contributed by atoms with Crippen LogP contribution in [-0.2, 0) is 0 Å². The molecule has 1 aromatic carbocycles. The summed E-state index contributed by atoms with van der Waals surface area (Å²) in [5, 5.41) is 9.14. The summed E-state index contributed by atoms with van der Waals surface area (Å²) in [6.07, 6.45) is -0.858. The Morgan fingerprint density at radius 1 is 1.17 bits per heavy atom. The largest absolute Gasteiger partial charge is 0.375 e. The minimum Gasteiger partial charge on any atom is -0.375 e. The number of hydrogen-bond donors (Lipinski definition) is 2. The van der Waals surface area contributed by atoms with Crippen LogP contribution in [0.5, 0.6) is 0 Å². The number of aryl methyl sites for hydroxylation is 2. The van der Waals surface area contributed by atoms with Crippen LogP contribution < -0.4 is 5.73 Å². The topological polar surface area (TPSA) is 46.2 Å². The van der Waals surface area contributed by atoms with Crippen LogP contribution in [0.25, 0.3) is 0 Å². The average molecular weight is 165 g/mol. The van der Waals surface area contributed by atoms with Crippen molar-refractivity contribution in [3.8, 4) is 0 Å². The molecule has 0 heterocycles. The van der Waals surface area contributed by atoms with Gasteiger partial charge in [-0.25, -0.2) is 0 Å². The first kappa shape index (κ1) is 9.23. The lowest BCUT2D eigenvalue weighted by atomic mass is 10.0. The van der Waals surface area contributed by atoms with Crippen LogP contribution in [0.4, 0.5) is 0 Å². The molecule has 66 valence electrons. The van der Waals surface area contributed by atoms with Crippen molar-refractivity contribution in [1.82, 2.24) is 0 Å². The zero-order chi connectivity index (χ0) is 9.30. The molecule has 1 rings (SSSR count). The summed E-state index contributed by atoms with van der Waals surface area (Å²) < 4.78 is 0. The van der Waals surface area contributed by atoms with Crippen molar-refractivity contribution in [2.45, 2.75) is 27.0 Å². The van der Waals surface area contributed by atoms with Crippen molar-refractivity contribution >= 4 is 0 Å². The quantitative estimate of drug-likeness (QED) is 0.620. The molecule has 1 atom stereocenters. The van der Waals surface area contributed by atoms with E-state index in [4.69, 9.17) is 10.8 Å². The monoisotopic (exact) mass is 165 g/mol. The van der Waals surface area contributed by atoms with Crippen molar-refractivity contribution < 1.29 is 5.11 Å². The minimum absolute atomic E-state index is 0.788. The SMILES string of the molecule is Cc1cc(C(N)O)cc(C)c1C. The summed E-state index contributed by atoms with van der Waals surface area (Å²) in [6.45, 7) is 6.11. The first-order valence-electron chi connectivity index (χ1n) is 4.03. The Morgan fingerprint density at radius 2 is 1.58 bits per heavy atom. The van der Waals surface area contributed by atoms with E-state index < -0.39 is 6.23 Å². The van der Waals surface area contributed by atoms with Gasteiger partial charge in [-0.1, -0.05) is 12.1 Å². The van der Waals surface area contributed by atoms with Crippen LogP contribution in [0.2, 0.25) is 0 Å². The lowest BCUT2D eigenvalue weighted by Crippen LogP contribution is -2.09. The third-order valence-corrected chi connectivity index (χ3v) is 2.29. The van der Waals surface area contributed by atoms with E-state index in [1.807, 2.05) is 26.0 Å². The highest BCUT2D eigenvalue weighted by molar-refractivity contribution is 5.37. The molecule has 1 aromatic rings. The van der Waals surface area contributed by atoms with Crippen molar-refractivity contribution in [2.24, 2.45) is 5.73 Å². The predicted octanol–water partition coefficient (Wildman–Crippen LogP) is 1.56. The molecule has 12 heavy (non-hydrogen) atoms. The normalized spacial score (nSPS) is 13.1. The van der Waals surface area contributed by atoms with Gasteiger partial charge in [-0.2, -0.15) is 0 Å². The zero-order valence-electron chi connectivity index (χ0n) is 7.76. The lowest BCUT2D eigenvalue weighted by Gasteiger charge is -2.10. The van der Waals surface area contributed by atoms with E-state index in [1.165, 1.54) is 16.7 Å². The molecule has 0 radical (unpaired) electrons. The van der Waals surface area contributed by atoms with Gasteiger partial charge in [0, 0.05) is 0 Å². The maximum Gasteiger partial charge on any atom is 0.128 e. The highest BCUT2D eigenvalue weighted by Crippen LogP contribution is 2.17. The number of aliphatic hydroxyl groups excluding tert-OH is 1. The van der Waals surface area contributed by atoms with Crippen molar-refractivity contribution in [3.63, 3.8) is 0 Å². The van der Waals surface area contributed by atoms with Gasteiger partial charge in [0.15, 0.2) is 0 Å². The van der Waals surface area contributed by atoms with Gasteiger partial charge in [0.05, 0.1) is 0 Å². The molecule has 3 N–H and O–H groups in total. The van der Waals surface area contributed by atoms with Crippen LogP contribution in [0.15, 0.2) is 12.1 Å². The standard InChI is InChI=1S/C10H15NO/c1-6-4-9(10(11)12)5-7(2)8(6)3/h4-5,10,12H,11H2,1-3H3. The second kappa shape index (κ2) is 3.25. The third kappa shape index (κ3) is 1.65. The van der Waals surface area contributed by atoms with E-state index in [2.05, 4.69) is 6.92 Å². The van der Waals surface area contributed by atoms with E-state index in [-0.39, 0.29) is 0 Å². The number of hydrogen-bond acceptors (Lipinski definition) is 2. The van der Waals surface area contributed by atoms with Gasteiger partial charge in [0.1, 0.15) is 6.23 Å². The molecule has 0 saturated heterocycles. The Hall–Kier alpha value is -0.860. The van der Waals surface area contributed by atoms with Gasteiger partial charge in [-0.3, -0.25) is 0 Å². The Labute approximate surface area is 73.0 Å². The zero-order valence-corrected chi connectivity index (χ0v) is 7.76. The lowest BCUT2D eigenvalue weighted by molar-refractivity contribution is 0.186. The van der Waals surface area contributed by atoms with Gasteiger partial charge >= 0.3 is 0 Å². The Bertz CT molecular complexity index is 269. The first-order chi connectivity index (χ1) is 5.52. The third-order valence-electron chi connectivity index (χ3n) is 2.29. The van der Waals surface area contributed by atoms with E-state index in [0.717, 1.165) is 5.56 Å². The molecule has 2 nitrogen and oxygen atoms in total. The Balaban J connectivity index is 3.21. The molecule has 0 aliphatic rings. The Kier molecular flexibility index (Phi) is 2.50. The highest BCUT2D eigenvalue weighted by atomic mass is 16.3. The fourth-order valence-electron chi connectivity index (χ4n) is 1.24. The molecule has 0 aliphatic heterocycles. The molecule has 0 fully saturated rings. The summed E-state index contributed by atoms with van der Waals surface area (Å²) in [7, 11) is 0. The fourth-order valence-corrected chi connectivity index (χ4v) is 1.24. The predicted molar refractivity (Wildman–Crippen MR) is 49.8 cm³/mol. The fraction of sp³-hybridized carbons (Fsp3) is 0.400. The van der Waals surface area contributed by atoms with Crippen LogP contribution >= 0.6 is 0 Å². The summed E-state index contributed by atoms with van der Waals surface area (Å²) >= 11 is 0. The summed E-state index contributed by atoms with van der Waals surface area (Å²) in [5.41, 5.74) is 9.76. The second-order valence-corrected chi connectivity index (χ2v) is 3.22. The molecule has 0 saturated carbocycles. The molecule has 0 aromatic heterocycles.